The molecular weight excluding hydrogens is 562 g/mol. The van der Waals surface area contributed by atoms with E-state index in [2.05, 4.69) is 20.6 Å². The first kappa shape index (κ1) is 35.3. The van der Waals surface area contributed by atoms with Crippen molar-refractivity contribution >= 4 is 41.9 Å². The van der Waals surface area contributed by atoms with Gasteiger partial charge in [-0.1, -0.05) is 20.3 Å². The number of hydrogen-bond donors (Lipinski definition) is 3. The number of carbonyl (C=O) groups is 3. The first-order valence-corrected chi connectivity index (χ1v) is 14.2. The SMILES string of the molecule is CCC(C)C(NC(=O)OC(C)(C)C)C(=O)OC(C)C(O)n1c(N=CN(C)C)nc(=O)c2c1NCCN2C(=O)OC(C)(C)C. The Morgan fingerprint density at radius 2 is 1.74 bits per heavy atom. The third-order valence-corrected chi connectivity index (χ3v) is 6.13. The molecule has 2 heterocycles. The predicted octanol–water partition coefficient (Wildman–Crippen LogP) is 2.99. The van der Waals surface area contributed by atoms with Crippen molar-refractivity contribution in [1.82, 2.24) is 19.8 Å². The molecule has 0 spiro atoms. The molecule has 0 fully saturated rings. The first-order chi connectivity index (χ1) is 19.8. The molecule has 2 rings (SSSR count). The summed E-state index contributed by atoms with van der Waals surface area (Å²) in [7, 11) is 3.42. The van der Waals surface area contributed by atoms with Gasteiger partial charge in [-0.15, -0.1) is 0 Å². The molecule has 1 aliphatic heterocycles. The van der Waals surface area contributed by atoms with Crippen LogP contribution in [0, 0.1) is 5.92 Å². The van der Waals surface area contributed by atoms with Crippen LogP contribution in [0.4, 0.5) is 27.0 Å². The fourth-order valence-corrected chi connectivity index (χ4v) is 3.96. The summed E-state index contributed by atoms with van der Waals surface area (Å²) < 4.78 is 17.6. The van der Waals surface area contributed by atoms with Crippen molar-refractivity contribution in [3.63, 3.8) is 0 Å². The van der Waals surface area contributed by atoms with Crippen molar-refractivity contribution < 1.29 is 33.7 Å². The Morgan fingerprint density at radius 1 is 1.14 bits per heavy atom. The fourth-order valence-electron chi connectivity index (χ4n) is 3.96. The highest BCUT2D eigenvalue weighted by Gasteiger charge is 2.37. The van der Waals surface area contributed by atoms with Crippen LogP contribution < -0.4 is 21.1 Å². The topological polar surface area (TPSA) is 177 Å². The number of hydrogen-bond acceptors (Lipinski definition) is 11. The monoisotopic (exact) mass is 609 g/mol. The second kappa shape index (κ2) is 14.1. The van der Waals surface area contributed by atoms with E-state index in [1.807, 2.05) is 6.92 Å². The number of aliphatic imine (C=N–C) groups is 1. The standard InChI is InChI=1S/C28H47N7O8/c1-12-16(2)18(31-25(39)42-27(4,5)6)23(38)41-17(3)22(37)35-20-19(21(36)32-24(35)30-15-33(10)11)34(14-13-29-20)26(40)43-28(7,8)9/h15-18,22,29,37H,12-14H2,1-11H3,(H,31,39). The molecule has 0 aliphatic carbocycles. The van der Waals surface area contributed by atoms with E-state index < -0.39 is 53.3 Å². The number of nitrogens with zero attached hydrogens (tertiary/aromatic N) is 5. The number of amides is 2. The predicted molar refractivity (Wildman–Crippen MR) is 162 cm³/mol. The zero-order chi connectivity index (χ0) is 32.9. The molecule has 3 N–H and O–H groups in total. The smallest absolute Gasteiger partial charge is 0.415 e. The van der Waals surface area contributed by atoms with Crippen LogP contribution in [0.15, 0.2) is 9.79 Å². The van der Waals surface area contributed by atoms with E-state index in [4.69, 9.17) is 14.2 Å². The molecule has 15 heteroatoms. The average molecular weight is 610 g/mol. The van der Waals surface area contributed by atoms with E-state index in [-0.39, 0.29) is 36.5 Å². The van der Waals surface area contributed by atoms with E-state index in [9.17, 15) is 24.3 Å². The van der Waals surface area contributed by atoms with Crippen LogP contribution in [0.25, 0.3) is 0 Å². The van der Waals surface area contributed by atoms with Crippen molar-refractivity contribution in [2.24, 2.45) is 10.9 Å². The lowest BCUT2D eigenvalue weighted by atomic mass is 9.99. The summed E-state index contributed by atoms with van der Waals surface area (Å²) in [4.78, 5) is 63.0. The molecule has 0 saturated carbocycles. The van der Waals surface area contributed by atoms with Crippen LogP contribution in [0.1, 0.15) is 75.0 Å². The number of esters is 1. The van der Waals surface area contributed by atoms with Crippen LogP contribution in [0.2, 0.25) is 0 Å². The van der Waals surface area contributed by atoms with Gasteiger partial charge >= 0.3 is 23.7 Å². The summed E-state index contributed by atoms with van der Waals surface area (Å²) >= 11 is 0. The molecule has 2 amide bonds. The highest BCUT2D eigenvalue weighted by Crippen LogP contribution is 2.33. The van der Waals surface area contributed by atoms with E-state index in [0.717, 1.165) is 4.90 Å². The van der Waals surface area contributed by atoms with Crippen molar-refractivity contribution in [3.05, 3.63) is 10.4 Å². The van der Waals surface area contributed by atoms with Crippen molar-refractivity contribution in [2.45, 2.75) is 98.3 Å². The Bertz CT molecular complexity index is 1250. The largest absolute Gasteiger partial charge is 0.456 e. The number of rotatable bonds is 9. The summed E-state index contributed by atoms with van der Waals surface area (Å²) in [5, 5.41) is 17.1. The molecule has 0 bridgehead atoms. The second-order valence-electron chi connectivity index (χ2n) is 12.6. The van der Waals surface area contributed by atoms with Gasteiger partial charge in [-0.2, -0.15) is 4.98 Å². The Labute approximate surface area is 252 Å². The lowest BCUT2D eigenvalue weighted by molar-refractivity contribution is -0.161. The van der Waals surface area contributed by atoms with Gasteiger partial charge < -0.3 is 34.9 Å². The number of aliphatic hydroxyl groups is 1. The average Bonchev–Trinajstić information content (AvgIpc) is 2.87. The number of fused-ring (bicyclic) bond motifs is 1. The molecule has 0 radical (unpaired) electrons. The Kier molecular flexibility index (Phi) is 11.5. The number of ether oxygens (including phenoxy) is 3. The zero-order valence-corrected chi connectivity index (χ0v) is 27.0. The van der Waals surface area contributed by atoms with E-state index in [0.29, 0.717) is 6.42 Å². The number of carbonyl (C=O) groups excluding carboxylic acids is 3. The number of anilines is 2. The maximum absolute atomic E-state index is 13.3. The van der Waals surface area contributed by atoms with Gasteiger partial charge in [0.25, 0.3) is 0 Å². The minimum atomic E-state index is -1.62. The molecule has 0 aromatic carbocycles. The molecule has 1 aliphatic rings. The van der Waals surface area contributed by atoms with Gasteiger partial charge in [0.05, 0.1) is 6.34 Å². The van der Waals surface area contributed by atoms with Crippen molar-refractivity contribution in [1.29, 1.82) is 0 Å². The summed E-state index contributed by atoms with van der Waals surface area (Å²) in [6, 6.07) is -1.07. The van der Waals surface area contributed by atoms with Gasteiger partial charge in [0, 0.05) is 27.2 Å². The Hall–Kier alpha value is -3.88. The van der Waals surface area contributed by atoms with Gasteiger partial charge in [0.1, 0.15) is 29.2 Å². The molecule has 43 heavy (non-hydrogen) atoms. The number of aromatic nitrogens is 2. The molecule has 0 saturated heterocycles. The van der Waals surface area contributed by atoms with Crippen LogP contribution in [0.3, 0.4) is 0 Å². The van der Waals surface area contributed by atoms with Crippen LogP contribution >= 0.6 is 0 Å². The zero-order valence-electron chi connectivity index (χ0n) is 27.0. The third kappa shape index (κ3) is 9.83. The highest BCUT2D eigenvalue weighted by molar-refractivity contribution is 5.92. The quantitative estimate of drug-likeness (QED) is 0.162. The van der Waals surface area contributed by atoms with E-state index in [1.54, 1.807) is 67.5 Å². The van der Waals surface area contributed by atoms with Crippen molar-refractivity contribution in [3.8, 4) is 0 Å². The first-order valence-electron chi connectivity index (χ1n) is 14.2. The third-order valence-electron chi connectivity index (χ3n) is 6.13. The second-order valence-corrected chi connectivity index (χ2v) is 12.6. The molecule has 1 aromatic rings. The summed E-state index contributed by atoms with van der Waals surface area (Å²) in [5.74, 6) is -1.27. The molecular formula is C28H47N7O8. The lowest BCUT2D eigenvalue weighted by Gasteiger charge is -2.34. The number of nitrogens with one attached hydrogen (secondary N) is 2. The summed E-state index contributed by atoms with van der Waals surface area (Å²) in [5.41, 5.74) is -2.53. The minimum Gasteiger partial charge on any atom is -0.456 e. The fraction of sp³-hybridized carbons (Fsp3) is 0.714. The Morgan fingerprint density at radius 3 is 2.28 bits per heavy atom. The van der Waals surface area contributed by atoms with E-state index in [1.165, 1.54) is 17.8 Å². The summed E-state index contributed by atoms with van der Waals surface area (Å²) in [6.07, 6.45) is -2.47. The normalized spacial score (nSPS) is 16.3. The van der Waals surface area contributed by atoms with E-state index >= 15 is 0 Å². The molecule has 1 aromatic heterocycles. The van der Waals surface area contributed by atoms with Crippen LogP contribution in [-0.4, -0.2) is 94.6 Å². The molecule has 15 nitrogen and oxygen atoms in total. The van der Waals surface area contributed by atoms with Crippen LogP contribution in [-0.2, 0) is 19.0 Å². The van der Waals surface area contributed by atoms with Gasteiger partial charge in [-0.25, -0.2) is 19.4 Å². The number of aliphatic hydroxyl groups excluding tert-OH is 1. The molecule has 242 valence electrons. The van der Waals surface area contributed by atoms with Crippen LogP contribution in [0.5, 0.6) is 0 Å². The molecule has 4 unspecified atom stereocenters. The maximum Gasteiger partial charge on any atom is 0.415 e. The molecule has 4 atom stereocenters. The minimum absolute atomic E-state index is 0.0452. The summed E-state index contributed by atoms with van der Waals surface area (Å²) in [6.45, 7) is 15.6. The van der Waals surface area contributed by atoms with Gasteiger partial charge in [-0.3, -0.25) is 14.3 Å². The number of alkyl carbamates (subject to hydrolysis) is 1. The lowest BCUT2D eigenvalue weighted by Crippen LogP contribution is -2.49. The van der Waals surface area contributed by atoms with Crippen molar-refractivity contribution in [2.75, 3.05) is 37.4 Å². The Balaban J connectivity index is 2.52. The van der Waals surface area contributed by atoms with Gasteiger partial charge in [0.15, 0.2) is 11.9 Å². The highest BCUT2D eigenvalue weighted by atomic mass is 16.6. The maximum atomic E-state index is 13.3. The van der Waals surface area contributed by atoms with Gasteiger partial charge in [-0.05, 0) is 54.4 Å². The van der Waals surface area contributed by atoms with Gasteiger partial charge in [0.2, 0.25) is 5.95 Å².